The molecule has 0 heterocycles. The average Bonchev–Trinajstić information content (AvgIpc) is 2.81. The van der Waals surface area contributed by atoms with Gasteiger partial charge < -0.3 is 10.2 Å². The molecule has 35 heavy (non-hydrogen) atoms. The van der Waals surface area contributed by atoms with Gasteiger partial charge in [0, 0.05) is 29.8 Å². The first-order valence-corrected chi connectivity index (χ1v) is 13.4. The Morgan fingerprint density at radius 2 is 1.60 bits per heavy atom. The fourth-order valence-electron chi connectivity index (χ4n) is 3.91. The standard InChI is InChI=1S/C29H33ClN2O2S/c1-21(2)31-29(34)27(17-23-10-5-4-6-11-23)32(18-24-12-8-14-26(30)16-24)28(33)20-35-19-25-13-7-9-22(3)15-25/h4-16,21,27H,17-20H2,1-3H3,(H,31,34)/t27-/m0/s1. The molecule has 1 atom stereocenters. The first kappa shape index (κ1) is 26.8. The zero-order chi connectivity index (χ0) is 25.2. The monoisotopic (exact) mass is 508 g/mol. The number of benzene rings is 3. The van der Waals surface area contributed by atoms with Crippen molar-refractivity contribution < 1.29 is 9.59 Å². The zero-order valence-corrected chi connectivity index (χ0v) is 22.1. The van der Waals surface area contributed by atoms with Gasteiger partial charge in [-0.25, -0.2) is 0 Å². The molecule has 0 radical (unpaired) electrons. The lowest BCUT2D eigenvalue weighted by molar-refractivity contribution is -0.139. The van der Waals surface area contributed by atoms with Gasteiger partial charge in [0.25, 0.3) is 0 Å². The van der Waals surface area contributed by atoms with Crippen LogP contribution in [0, 0.1) is 6.92 Å². The van der Waals surface area contributed by atoms with Crippen LogP contribution in [0.1, 0.15) is 36.1 Å². The van der Waals surface area contributed by atoms with Crippen molar-refractivity contribution in [3.8, 4) is 0 Å². The van der Waals surface area contributed by atoms with E-state index in [-0.39, 0.29) is 23.6 Å². The van der Waals surface area contributed by atoms with Crippen LogP contribution in [0.4, 0.5) is 0 Å². The Labute approximate surface area is 218 Å². The summed E-state index contributed by atoms with van der Waals surface area (Å²) in [4.78, 5) is 28.7. The zero-order valence-electron chi connectivity index (χ0n) is 20.5. The highest BCUT2D eigenvalue weighted by Crippen LogP contribution is 2.20. The summed E-state index contributed by atoms with van der Waals surface area (Å²) in [6.07, 6.45) is 0.439. The Morgan fingerprint density at radius 1 is 0.914 bits per heavy atom. The Bertz CT molecular complexity index is 1120. The van der Waals surface area contributed by atoms with Crippen molar-refractivity contribution in [2.75, 3.05) is 5.75 Å². The SMILES string of the molecule is Cc1cccc(CSCC(=O)N(Cc2cccc(Cl)c2)[C@@H](Cc2ccccc2)C(=O)NC(C)C)c1. The predicted octanol–water partition coefficient (Wildman–Crippen LogP) is 6.05. The third-order valence-corrected chi connectivity index (χ3v) is 6.74. The molecule has 0 fully saturated rings. The van der Waals surface area contributed by atoms with Crippen molar-refractivity contribution in [3.63, 3.8) is 0 Å². The lowest BCUT2D eigenvalue weighted by Gasteiger charge is -2.32. The number of amides is 2. The van der Waals surface area contributed by atoms with Gasteiger partial charge >= 0.3 is 0 Å². The molecule has 0 saturated carbocycles. The third kappa shape index (κ3) is 8.75. The highest BCUT2D eigenvalue weighted by atomic mass is 35.5. The van der Waals surface area contributed by atoms with Crippen LogP contribution in [0.25, 0.3) is 0 Å². The summed E-state index contributed by atoms with van der Waals surface area (Å²) in [6.45, 7) is 6.23. The first-order valence-electron chi connectivity index (χ1n) is 11.8. The number of carbonyl (C=O) groups is 2. The van der Waals surface area contributed by atoms with E-state index >= 15 is 0 Å². The fraction of sp³-hybridized carbons (Fsp3) is 0.310. The highest BCUT2D eigenvalue weighted by molar-refractivity contribution is 7.99. The summed E-state index contributed by atoms with van der Waals surface area (Å²) < 4.78 is 0. The molecule has 184 valence electrons. The average molecular weight is 509 g/mol. The molecule has 0 aliphatic rings. The number of aryl methyl sites for hydroxylation is 1. The Balaban J connectivity index is 1.84. The van der Waals surface area contributed by atoms with Gasteiger partial charge in [0.2, 0.25) is 11.8 Å². The van der Waals surface area contributed by atoms with E-state index in [4.69, 9.17) is 11.6 Å². The number of nitrogens with zero attached hydrogens (tertiary/aromatic N) is 1. The van der Waals surface area contributed by atoms with Crippen LogP contribution in [0.3, 0.4) is 0 Å². The molecule has 0 unspecified atom stereocenters. The summed E-state index contributed by atoms with van der Waals surface area (Å²) in [5.74, 6) is 0.805. The van der Waals surface area contributed by atoms with Gasteiger partial charge in [-0.05, 0) is 49.6 Å². The number of carbonyl (C=O) groups excluding carboxylic acids is 2. The Hall–Kier alpha value is -2.76. The molecule has 4 nitrogen and oxygen atoms in total. The van der Waals surface area contributed by atoms with Crippen LogP contribution in [0.15, 0.2) is 78.9 Å². The number of halogens is 1. The van der Waals surface area contributed by atoms with Gasteiger partial charge in [-0.15, -0.1) is 11.8 Å². The molecular formula is C29H33ClN2O2S. The second kappa shape index (κ2) is 13.4. The molecule has 6 heteroatoms. The molecule has 3 aromatic rings. The van der Waals surface area contributed by atoms with Gasteiger partial charge in [-0.1, -0.05) is 83.9 Å². The van der Waals surface area contributed by atoms with Crippen LogP contribution < -0.4 is 5.32 Å². The Kier molecular flexibility index (Phi) is 10.2. The molecule has 1 N–H and O–H groups in total. The third-order valence-electron chi connectivity index (χ3n) is 5.52. The number of hydrogen-bond donors (Lipinski definition) is 1. The number of rotatable bonds is 11. The molecule has 0 bridgehead atoms. The summed E-state index contributed by atoms with van der Waals surface area (Å²) in [5, 5.41) is 3.62. The lowest BCUT2D eigenvalue weighted by atomic mass is 10.0. The normalized spacial score (nSPS) is 11.8. The minimum Gasteiger partial charge on any atom is -0.352 e. The van der Waals surface area contributed by atoms with Crippen molar-refractivity contribution in [3.05, 3.63) is 106 Å². The molecule has 2 amide bonds. The topological polar surface area (TPSA) is 49.4 Å². The van der Waals surface area contributed by atoms with Crippen LogP contribution in [-0.2, 0) is 28.3 Å². The van der Waals surface area contributed by atoms with Crippen molar-refractivity contribution in [2.24, 2.45) is 0 Å². The highest BCUT2D eigenvalue weighted by Gasteiger charge is 2.30. The second-order valence-corrected chi connectivity index (χ2v) is 10.4. The maximum atomic E-state index is 13.6. The first-order chi connectivity index (χ1) is 16.8. The minimum atomic E-state index is -0.633. The lowest BCUT2D eigenvalue weighted by Crippen LogP contribution is -2.52. The molecule has 0 spiro atoms. The minimum absolute atomic E-state index is 0.0282. The van der Waals surface area contributed by atoms with E-state index in [1.54, 1.807) is 16.7 Å². The van der Waals surface area contributed by atoms with Gasteiger partial charge in [0.1, 0.15) is 6.04 Å². The van der Waals surface area contributed by atoms with Crippen molar-refractivity contribution >= 4 is 35.2 Å². The van der Waals surface area contributed by atoms with E-state index in [9.17, 15) is 9.59 Å². The van der Waals surface area contributed by atoms with Gasteiger partial charge in [-0.3, -0.25) is 9.59 Å². The van der Waals surface area contributed by atoms with Crippen molar-refractivity contribution in [1.29, 1.82) is 0 Å². The molecular weight excluding hydrogens is 476 g/mol. The largest absolute Gasteiger partial charge is 0.352 e. The maximum absolute atomic E-state index is 13.6. The van der Waals surface area contributed by atoms with Crippen LogP contribution in [0.2, 0.25) is 5.02 Å². The van der Waals surface area contributed by atoms with Gasteiger partial charge in [0.05, 0.1) is 5.75 Å². The predicted molar refractivity (Wildman–Crippen MR) is 147 cm³/mol. The van der Waals surface area contributed by atoms with Crippen LogP contribution in [0.5, 0.6) is 0 Å². The second-order valence-electron chi connectivity index (χ2n) is 9.00. The van der Waals surface area contributed by atoms with E-state index in [1.165, 1.54) is 11.1 Å². The van der Waals surface area contributed by atoms with Crippen molar-refractivity contribution in [1.82, 2.24) is 10.2 Å². The molecule has 0 aliphatic carbocycles. The fourth-order valence-corrected chi connectivity index (χ4v) is 4.98. The van der Waals surface area contributed by atoms with Crippen molar-refractivity contribution in [2.45, 2.75) is 51.6 Å². The summed E-state index contributed by atoms with van der Waals surface area (Å²) in [5.41, 5.74) is 4.28. The van der Waals surface area contributed by atoms with Crippen LogP contribution >= 0.6 is 23.4 Å². The number of nitrogens with one attached hydrogen (secondary N) is 1. The smallest absolute Gasteiger partial charge is 0.243 e. The van der Waals surface area contributed by atoms with E-state index in [2.05, 4.69) is 30.4 Å². The molecule has 0 saturated heterocycles. The Morgan fingerprint density at radius 3 is 2.29 bits per heavy atom. The molecule has 3 rings (SSSR count). The van der Waals surface area contributed by atoms with E-state index < -0.39 is 6.04 Å². The molecule has 0 aliphatic heterocycles. The summed E-state index contributed by atoms with van der Waals surface area (Å²) in [7, 11) is 0. The molecule has 3 aromatic carbocycles. The van der Waals surface area contributed by atoms with Gasteiger partial charge in [0.15, 0.2) is 0 Å². The number of thioether (sulfide) groups is 1. The summed E-state index contributed by atoms with van der Waals surface area (Å²) >= 11 is 7.79. The quantitative estimate of drug-likeness (QED) is 0.343. The van der Waals surface area contributed by atoms with E-state index in [0.717, 1.165) is 16.9 Å². The molecule has 0 aromatic heterocycles. The van der Waals surface area contributed by atoms with E-state index in [0.29, 0.717) is 18.0 Å². The van der Waals surface area contributed by atoms with Crippen LogP contribution in [-0.4, -0.2) is 34.6 Å². The summed E-state index contributed by atoms with van der Waals surface area (Å²) in [6, 6.07) is 24.9. The van der Waals surface area contributed by atoms with Gasteiger partial charge in [-0.2, -0.15) is 0 Å². The number of hydrogen-bond acceptors (Lipinski definition) is 3. The maximum Gasteiger partial charge on any atom is 0.243 e. The van der Waals surface area contributed by atoms with E-state index in [1.807, 2.05) is 74.5 Å².